The van der Waals surface area contributed by atoms with Crippen molar-refractivity contribution >= 4 is 19.8 Å². The SMILES string of the molecule is CCCCCCC=CCCCCCCCCCC(=O)OC[C@H](COP(=O)(O)OC1C(O)C(O)C(O)[C@@H](O)C1O)OC(=O)CCCCCCCCCC=CCCCCCC. The summed E-state index contributed by atoms with van der Waals surface area (Å²) in [5.41, 5.74) is 0. The number of ether oxygens (including phenoxy) is 2. The van der Waals surface area contributed by atoms with E-state index in [1.54, 1.807) is 0 Å². The molecule has 59 heavy (non-hydrogen) atoms. The van der Waals surface area contributed by atoms with Gasteiger partial charge in [-0.25, -0.2) is 4.57 Å². The Morgan fingerprint density at radius 2 is 0.864 bits per heavy atom. The van der Waals surface area contributed by atoms with Crippen molar-refractivity contribution in [1.82, 2.24) is 0 Å². The Labute approximate surface area is 356 Å². The highest BCUT2D eigenvalue weighted by atomic mass is 31.2. The molecule has 346 valence electrons. The second-order valence-corrected chi connectivity index (χ2v) is 17.7. The van der Waals surface area contributed by atoms with E-state index in [1.165, 1.54) is 83.5 Å². The molecule has 0 bridgehead atoms. The Balaban J connectivity index is 2.46. The number of aliphatic hydroxyl groups excluding tert-OH is 5. The maximum absolute atomic E-state index is 12.8. The number of rotatable bonds is 38. The van der Waals surface area contributed by atoms with E-state index in [0.717, 1.165) is 70.6 Å². The summed E-state index contributed by atoms with van der Waals surface area (Å²) in [6.07, 6.45) is 25.1. The molecule has 0 aromatic rings. The lowest BCUT2D eigenvalue weighted by molar-refractivity contribution is -0.220. The van der Waals surface area contributed by atoms with Gasteiger partial charge < -0.3 is 39.9 Å². The summed E-state index contributed by atoms with van der Waals surface area (Å²) in [7, 11) is -5.12. The molecular weight excluding hydrogens is 779 g/mol. The number of aliphatic hydroxyl groups is 5. The number of hydrogen-bond donors (Lipinski definition) is 6. The van der Waals surface area contributed by atoms with E-state index in [1.807, 2.05) is 0 Å². The molecule has 0 amide bonds. The number of carbonyl (C=O) groups excluding carboxylic acids is 2. The maximum Gasteiger partial charge on any atom is 0.472 e. The van der Waals surface area contributed by atoms with E-state index < -0.39 is 75.7 Å². The molecule has 14 heteroatoms. The minimum absolute atomic E-state index is 0.0924. The van der Waals surface area contributed by atoms with Crippen LogP contribution < -0.4 is 0 Å². The Kier molecular flexibility index (Phi) is 33.7. The minimum atomic E-state index is -5.12. The molecule has 0 aromatic heterocycles. The van der Waals surface area contributed by atoms with Crippen molar-refractivity contribution in [3.63, 3.8) is 0 Å². The number of hydrogen-bond acceptors (Lipinski definition) is 12. The Morgan fingerprint density at radius 1 is 0.508 bits per heavy atom. The van der Waals surface area contributed by atoms with Crippen molar-refractivity contribution in [3.05, 3.63) is 24.3 Å². The van der Waals surface area contributed by atoms with E-state index in [2.05, 4.69) is 38.2 Å². The highest BCUT2D eigenvalue weighted by Crippen LogP contribution is 2.47. The quantitative estimate of drug-likeness (QED) is 0.0149. The molecule has 0 heterocycles. The lowest BCUT2D eigenvalue weighted by atomic mass is 9.85. The second-order valence-electron chi connectivity index (χ2n) is 16.3. The lowest BCUT2D eigenvalue weighted by Crippen LogP contribution is -2.64. The van der Waals surface area contributed by atoms with Crippen LogP contribution in [0, 0.1) is 0 Å². The molecule has 8 atom stereocenters. The van der Waals surface area contributed by atoms with Gasteiger partial charge in [-0.2, -0.15) is 0 Å². The monoisotopic (exact) mass is 863 g/mol. The van der Waals surface area contributed by atoms with E-state index in [4.69, 9.17) is 18.5 Å². The zero-order chi connectivity index (χ0) is 43.6. The summed E-state index contributed by atoms with van der Waals surface area (Å²) < 4.78 is 33.5. The van der Waals surface area contributed by atoms with Crippen LogP contribution in [0.1, 0.15) is 194 Å². The predicted octanol–water partition coefficient (Wildman–Crippen LogP) is 8.84. The minimum Gasteiger partial charge on any atom is -0.462 e. The molecule has 1 rings (SSSR count). The molecule has 0 aromatic carbocycles. The van der Waals surface area contributed by atoms with Crippen LogP contribution in [-0.2, 0) is 32.7 Å². The fraction of sp³-hybridized carbons (Fsp3) is 0.867. The molecule has 0 aliphatic heterocycles. The van der Waals surface area contributed by atoms with Gasteiger partial charge >= 0.3 is 19.8 Å². The van der Waals surface area contributed by atoms with Gasteiger partial charge in [-0.15, -0.1) is 0 Å². The number of allylic oxidation sites excluding steroid dienone is 4. The van der Waals surface area contributed by atoms with Gasteiger partial charge in [0, 0.05) is 12.8 Å². The normalized spacial score (nSPS) is 22.5. The smallest absolute Gasteiger partial charge is 0.462 e. The van der Waals surface area contributed by atoms with Crippen LogP contribution in [0.5, 0.6) is 0 Å². The molecular formula is C45H83O13P. The van der Waals surface area contributed by atoms with Gasteiger partial charge in [-0.3, -0.25) is 18.6 Å². The van der Waals surface area contributed by atoms with Gasteiger partial charge in [0.05, 0.1) is 6.61 Å². The van der Waals surface area contributed by atoms with E-state index in [-0.39, 0.29) is 12.8 Å². The summed E-state index contributed by atoms with van der Waals surface area (Å²) >= 11 is 0. The molecule has 6 unspecified atom stereocenters. The van der Waals surface area contributed by atoms with Crippen molar-refractivity contribution < 1.29 is 63.1 Å². The molecule has 13 nitrogen and oxygen atoms in total. The van der Waals surface area contributed by atoms with Crippen LogP contribution in [0.2, 0.25) is 0 Å². The Bertz CT molecular complexity index is 1130. The molecule has 1 aliphatic carbocycles. The van der Waals surface area contributed by atoms with Crippen molar-refractivity contribution in [3.8, 4) is 0 Å². The predicted molar refractivity (Wildman–Crippen MR) is 230 cm³/mol. The first-order chi connectivity index (χ1) is 28.4. The number of phosphoric acid groups is 1. The zero-order valence-corrected chi connectivity index (χ0v) is 37.4. The van der Waals surface area contributed by atoms with Crippen LogP contribution in [0.15, 0.2) is 24.3 Å². The third-order valence-corrected chi connectivity index (χ3v) is 11.8. The summed E-state index contributed by atoms with van der Waals surface area (Å²) in [4.78, 5) is 35.7. The standard InChI is InChI=1S/C45H83O13P/c1-3-5-7-9-11-13-15-17-19-21-23-25-27-29-31-33-38(46)55-35-37(36-56-59(53,54)58-45-43(51)41(49)40(48)42(50)44(45)52)57-39(47)34-32-30-28-26-24-22-20-18-16-14-12-10-8-6-4-2/h13-16,37,40-45,48-52H,3-12,17-36H2,1-2H3,(H,53,54)/t37-,40?,41-,42?,43?,44?,45?/m1/s1. The zero-order valence-electron chi connectivity index (χ0n) is 36.6. The fourth-order valence-electron chi connectivity index (χ4n) is 6.98. The first kappa shape index (κ1) is 55.3. The van der Waals surface area contributed by atoms with Crippen LogP contribution in [-0.4, -0.2) is 98.3 Å². The van der Waals surface area contributed by atoms with Gasteiger partial charge in [0.2, 0.25) is 0 Å². The van der Waals surface area contributed by atoms with E-state index in [9.17, 15) is 44.6 Å². The van der Waals surface area contributed by atoms with Gasteiger partial charge in [0.1, 0.15) is 43.2 Å². The molecule has 1 aliphatic rings. The van der Waals surface area contributed by atoms with Gasteiger partial charge in [-0.05, 0) is 64.2 Å². The second kappa shape index (κ2) is 35.9. The molecule has 0 radical (unpaired) electrons. The van der Waals surface area contributed by atoms with Crippen LogP contribution in [0.4, 0.5) is 0 Å². The number of carbonyl (C=O) groups is 2. The molecule has 0 saturated heterocycles. The summed E-state index contributed by atoms with van der Waals surface area (Å²) in [5, 5.41) is 50.1. The van der Waals surface area contributed by atoms with Crippen molar-refractivity contribution in [1.29, 1.82) is 0 Å². The number of unbranched alkanes of at least 4 members (excludes halogenated alkanes) is 22. The first-order valence-electron chi connectivity index (χ1n) is 23.1. The van der Waals surface area contributed by atoms with Gasteiger partial charge in [0.25, 0.3) is 0 Å². The summed E-state index contributed by atoms with van der Waals surface area (Å²) in [6, 6.07) is 0. The molecule has 6 N–H and O–H groups in total. The third kappa shape index (κ3) is 28.5. The first-order valence-corrected chi connectivity index (χ1v) is 24.6. The van der Waals surface area contributed by atoms with Crippen molar-refractivity contribution in [2.75, 3.05) is 13.2 Å². The highest BCUT2D eigenvalue weighted by molar-refractivity contribution is 7.47. The number of phosphoric ester groups is 1. The van der Waals surface area contributed by atoms with Crippen molar-refractivity contribution in [2.45, 2.75) is 236 Å². The Hall–Kier alpha value is -1.67. The van der Waals surface area contributed by atoms with Crippen molar-refractivity contribution in [2.24, 2.45) is 0 Å². The highest BCUT2D eigenvalue weighted by Gasteiger charge is 2.51. The molecule has 1 saturated carbocycles. The van der Waals surface area contributed by atoms with Crippen LogP contribution in [0.25, 0.3) is 0 Å². The summed E-state index contributed by atoms with van der Waals surface area (Å²) in [5.74, 6) is -1.11. The topological polar surface area (TPSA) is 210 Å². The van der Waals surface area contributed by atoms with Gasteiger partial charge in [0.15, 0.2) is 6.10 Å². The lowest BCUT2D eigenvalue weighted by Gasteiger charge is -2.41. The van der Waals surface area contributed by atoms with E-state index in [0.29, 0.717) is 12.8 Å². The Morgan fingerprint density at radius 3 is 1.29 bits per heavy atom. The molecule has 1 fully saturated rings. The average molecular weight is 863 g/mol. The fourth-order valence-corrected chi connectivity index (χ4v) is 7.95. The average Bonchev–Trinajstić information content (AvgIpc) is 3.21. The van der Waals surface area contributed by atoms with Crippen LogP contribution >= 0.6 is 7.82 Å². The maximum atomic E-state index is 12.8. The summed E-state index contributed by atoms with van der Waals surface area (Å²) in [6.45, 7) is 3.27. The third-order valence-electron chi connectivity index (χ3n) is 10.8. The van der Waals surface area contributed by atoms with Gasteiger partial charge in [-0.1, -0.05) is 141 Å². The van der Waals surface area contributed by atoms with E-state index >= 15 is 0 Å². The van der Waals surface area contributed by atoms with Crippen LogP contribution in [0.3, 0.4) is 0 Å². The largest absolute Gasteiger partial charge is 0.472 e. The molecule has 0 spiro atoms. The number of esters is 2.